The quantitative estimate of drug-likeness (QED) is 0.893. The highest BCUT2D eigenvalue weighted by Gasteiger charge is 2.27. The number of ether oxygens (including phenoxy) is 1. The van der Waals surface area contributed by atoms with E-state index in [9.17, 15) is 0 Å². The summed E-state index contributed by atoms with van der Waals surface area (Å²) in [6.45, 7) is 8.89. The third kappa shape index (κ3) is 2.52. The van der Waals surface area contributed by atoms with E-state index < -0.39 is 0 Å². The molecule has 0 saturated carbocycles. The van der Waals surface area contributed by atoms with E-state index in [1.54, 1.807) is 0 Å². The topological polar surface area (TPSA) is 38.5 Å². The lowest BCUT2D eigenvalue weighted by atomic mass is 10.0. The van der Waals surface area contributed by atoms with Crippen LogP contribution in [-0.4, -0.2) is 25.3 Å². The molecule has 1 saturated heterocycles. The van der Waals surface area contributed by atoms with Gasteiger partial charge < -0.3 is 15.4 Å². The van der Waals surface area contributed by atoms with Crippen LogP contribution in [0.25, 0.3) is 0 Å². The summed E-state index contributed by atoms with van der Waals surface area (Å²) in [6.07, 6.45) is 1.39. The fraction of sp³-hybridized carbons (Fsp3) is 0.600. The van der Waals surface area contributed by atoms with E-state index in [4.69, 9.17) is 10.5 Å². The summed E-state index contributed by atoms with van der Waals surface area (Å²) in [5.74, 6) is 0. The lowest BCUT2D eigenvalue weighted by Crippen LogP contribution is -2.49. The van der Waals surface area contributed by atoms with Crippen LogP contribution in [0.3, 0.4) is 0 Å². The minimum absolute atomic E-state index is 0.290. The van der Waals surface area contributed by atoms with Crippen molar-refractivity contribution in [3.05, 3.63) is 29.3 Å². The molecule has 1 fully saturated rings. The lowest BCUT2D eigenvalue weighted by molar-refractivity contribution is 0.0298. The fourth-order valence-corrected chi connectivity index (χ4v) is 2.75. The van der Waals surface area contributed by atoms with Gasteiger partial charge >= 0.3 is 0 Å². The summed E-state index contributed by atoms with van der Waals surface area (Å²) in [5, 5.41) is 0. The third-order valence-corrected chi connectivity index (χ3v) is 3.77. The van der Waals surface area contributed by atoms with Gasteiger partial charge in [-0.1, -0.05) is 25.1 Å². The molecule has 1 aromatic carbocycles. The molecule has 1 aliphatic heterocycles. The predicted octanol–water partition coefficient (Wildman–Crippen LogP) is 2.46. The molecule has 1 aromatic rings. The molecule has 1 heterocycles. The SMILES string of the molecule is CCC1COC(C)CN1c1c(C)cccc1CN. The molecule has 3 nitrogen and oxygen atoms in total. The molecule has 1 aliphatic rings. The van der Waals surface area contributed by atoms with Gasteiger partial charge in [-0.05, 0) is 31.4 Å². The number of para-hydroxylation sites is 1. The molecule has 0 bridgehead atoms. The normalized spacial score (nSPS) is 24.3. The highest BCUT2D eigenvalue weighted by atomic mass is 16.5. The van der Waals surface area contributed by atoms with Gasteiger partial charge in [-0.3, -0.25) is 0 Å². The Bertz CT molecular complexity index is 405. The molecule has 0 aliphatic carbocycles. The summed E-state index contributed by atoms with van der Waals surface area (Å²) in [7, 11) is 0. The second-order valence-electron chi connectivity index (χ2n) is 5.15. The number of aryl methyl sites for hydroxylation is 1. The summed E-state index contributed by atoms with van der Waals surface area (Å²) in [6, 6.07) is 6.86. The number of benzene rings is 1. The van der Waals surface area contributed by atoms with Crippen molar-refractivity contribution in [3.63, 3.8) is 0 Å². The largest absolute Gasteiger partial charge is 0.375 e. The van der Waals surface area contributed by atoms with Crippen molar-refractivity contribution >= 4 is 5.69 Å². The molecule has 2 rings (SSSR count). The third-order valence-electron chi connectivity index (χ3n) is 3.77. The molecule has 3 heteroatoms. The maximum atomic E-state index is 5.89. The number of hydrogen-bond acceptors (Lipinski definition) is 3. The Morgan fingerprint density at radius 1 is 1.44 bits per heavy atom. The Hall–Kier alpha value is -1.06. The second-order valence-corrected chi connectivity index (χ2v) is 5.15. The molecule has 0 amide bonds. The van der Waals surface area contributed by atoms with Gasteiger partial charge in [0.15, 0.2) is 0 Å². The maximum Gasteiger partial charge on any atom is 0.0723 e. The van der Waals surface area contributed by atoms with Crippen LogP contribution in [-0.2, 0) is 11.3 Å². The van der Waals surface area contributed by atoms with Crippen molar-refractivity contribution in [2.45, 2.75) is 45.9 Å². The van der Waals surface area contributed by atoms with Gasteiger partial charge in [0, 0.05) is 18.8 Å². The van der Waals surface area contributed by atoms with Crippen LogP contribution in [0.2, 0.25) is 0 Å². The fourth-order valence-electron chi connectivity index (χ4n) is 2.75. The van der Waals surface area contributed by atoms with Crippen molar-refractivity contribution < 1.29 is 4.74 Å². The first-order chi connectivity index (χ1) is 8.67. The molecule has 2 unspecified atom stereocenters. The predicted molar refractivity (Wildman–Crippen MR) is 75.9 cm³/mol. The Morgan fingerprint density at radius 2 is 2.22 bits per heavy atom. The number of hydrogen-bond donors (Lipinski definition) is 1. The maximum absolute atomic E-state index is 5.89. The Morgan fingerprint density at radius 3 is 2.89 bits per heavy atom. The van der Waals surface area contributed by atoms with Gasteiger partial charge in [-0.15, -0.1) is 0 Å². The molecular formula is C15H24N2O. The molecule has 0 spiro atoms. The first kappa shape index (κ1) is 13.4. The van der Waals surface area contributed by atoms with Gasteiger partial charge in [0.1, 0.15) is 0 Å². The van der Waals surface area contributed by atoms with Crippen LogP contribution < -0.4 is 10.6 Å². The van der Waals surface area contributed by atoms with Crippen LogP contribution in [0.15, 0.2) is 18.2 Å². The number of morpholine rings is 1. The smallest absolute Gasteiger partial charge is 0.0723 e. The van der Waals surface area contributed by atoms with Crippen molar-refractivity contribution in [2.75, 3.05) is 18.1 Å². The molecule has 2 N–H and O–H groups in total. The van der Waals surface area contributed by atoms with E-state index >= 15 is 0 Å². The van der Waals surface area contributed by atoms with E-state index in [-0.39, 0.29) is 6.10 Å². The van der Waals surface area contributed by atoms with Crippen molar-refractivity contribution in [2.24, 2.45) is 5.73 Å². The van der Waals surface area contributed by atoms with Crippen LogP contribution in [0.1, 0.15) is 31.4 Å². The zero-order chi connectivity index (χ0) is 13.1. The number of nitrogens with zero attached hydrogens (tertiary/aromatic N) is 1. The number of rotatable bonds is 3. The standard InChI is InChI=1S/C15H24N2O/c1-4-14-10-18-12(3)9-17(14)15-11(2)6-5-7-13(15)8-16/h5-7,12,14H,4,8-10,16H2,1-3H3. The van der Waals surface area contributed by atoms with Crippen molar-refractivity contribution in [3.8, 4) is 0 Å². The summed E-state index contributed by atoms with van der Waals surface area (Å²) < 4.78 is 5.77. The first-order valence-corrected chi connectivity index (χ1v) is 6.84. The molecule has 2 atom stereocenters. The zero-order valence-electron chi connectivity index (χ0n) is 11.6. The average molecular weight is 248 g/mol. The minimum Gasteiger partial charge on any atom is -0.375 e. The van der Waals surface area contributed by atoms with Crippen LogP contribution in [0.4, 0.5) is 5.69 Å². The van der Waals surface area contributed by atoms with Gasteiger partial charge in [-0.25, -0.2) is 0 Å². The summed E-state index contributed by atoms with van der Waals surface area (Å²) in [4.78, 5) is 2.49. The second kappa shape index (κ2) is 5.72. The van der Waals surface area contributed by atoms with Crippen LogP contribution in [0.5, 0.6) is 0 Å². The van der Waals surface area contributed by atoms with Gasteiger partial charge in [0.25, 0.3) is 0 Å². The van der Waals surface area contributed by atoms with E-state index in [1.807, 2.05) is 0 Å². The Balaban J connectivity index is 2.38. The van der Waals surface area contributed by atoms with E-state index in [0.29, 0.717) is 12.6 Å². The molecule has 0 aromatic heterocycles. The zero-order valence-corrected chi connectivity index (χ0v) is 11.6. The monoisotopic (exact) mass is 248 g/mol. The summed E-state index contributed by atoms with van der Waals surface area (Å²) in [5.41, 5.74) is 9.76. The Kier molecular flexibility index (Phi) is 4.25. The Labute approximate surface area is 110 Å². The van der Waals surface area contributed by atoms with Gasteiger partial charge in [0.2, 0.25) is 0 Å². The lowest BCUT2D eigenvalue weighted by Gasteiger charge is -2.41. The van der Waals surface area contributed by atoms with E-state index in [1.165, 1.54) is 16.8 Å². The average Bonchev–Trinajstić information content (AvgIpc) is 2.38. The van der Waals surface area contributed by atoms with Gasteiger partial charge in [-0.2, -0.15) is 0 Å². The van der Waals surface area contributed by atoms with Crippen molar-refractivity contribution in [1.82, 2.24) is 0 Å². The van der Waals surface area contributed by atoms with E-state index in [2.05, 4.69) is 43.9 Å². The minimum atomic E-state index is 0.290. The van der Waals surface area contributed by atoms with Crippen LogP contribution >= 0.6 is 0 Å². The molecule has 18 heavy (non-hydrogen) atoms. The number of anilines is 1. The highest BCUT2D eigenvalue weighted by molar-refractivity contribution is 5.60. The van der Waals surface area contributed by atoms with Crippen LogP contribution in [0, 0.1) is 6.92 Å². The first-order valence-electron chi connectivity index (χ1n) is 6.84. The van der Waals surface area contributed by atoms with Gasteiger partial charge in [0.05, 0.1) is 18.8 Å². The molecular weight excluding hydrogens is 224 g/mol. The van der Waals surface area contributed by atoms with E-state index in [0.717, 1.165) is 19.6 Å². The molecule has 0 radical (unpaired) electrons. The molecule has 100 valence electrons. The highest BCUT2D eigenvalue weighted by Crippen LogP contribution is 2.30. The number of nitrogens with two attached hydrogens (primary N) is 1. The van der Waals surface area contributed by atoms with Crippen molar-refractivity contribution in [1.29, 1.82) is 0 Å². The summed E-state index contributed by atoms with van der Waals surface area (Å²) >= 11 is 0.